The molecule has 2 saturated carbocycles. The first kappa shape index (κ1) is 26.4. The Morgan fingerprint density at radius 1 is 1.18 bits per heavy atom. The molecule has 1 aromatic carbocycles. The van der Waals surface area contributed by atoms with Gasteiger partial charge in [-0.15, -0.1) is 0 Å². The molecule has 0 radical (unpaired) electrons. The molecular formula is C32H40N2O6. The number of aromatic amines is 1. The smallest absolute Gasteiger partial charge is 0.323 e. The standard InChI is InChI=1S/C32H40N2O6/c1-17(34(6)7)27(36)38-24-15-18-14-20-19-10-8-9-11-21(19)33-25(20)30(18,5)29(4)12-13-31-23(32(24,29)37)16-22(35)26(39-31)28(2,3)40-31/h8-11,16-18,24,26,33,37H,12-15H2,1-7H3/t17-,18-,24+,26+,29-,30-,31+,32+/m1/s1. The Labute approximate surface area is 235 Å². The lowest BCUT2D eigenvalue weighted by molar-refractivity contribution is -0.278. The van der Waals surface area contributed by atoms with Crippen molar-refractivity contribution in [2.45, 2.75) is 101 Å². The number of nitrogens with one attached hydrogen (secondary N) is 1. The molecule has 7 rings (SSSR count). The minimum absolute atomic E-state index is 0.125. The zero-order chi connectivity index (χ0) is 28.6. The Morgan fingerprint density at radius 3 is 2.62 bits per heavy atom. The third-order valence-electron chi connectivity index (χ3n) is 11.6. The summed E-state index contributed by atoms with van der Waals surface area (Å²) in [5, 5.41) is 14.5. The maximum atomic E-state index is 13.5. The Kier molecular flexibility index (Phi) is 5.18. The van der Waals surface area contributed by atoms with Gasteiger partial charge in [0, 0.05) is 39.4 Å². The average molecular weight is 549 g/mol. The molecule has 40 heavy (non-hydrogen) atoms. The first-order valence-electron chi connectivity index (χ1n) is 14.5. The number of ether oxygens (including phenoxy) is 3. The molecule has 2 N–H and O–H groups in total. The third-order valence-corrected chi connectivity index (χ3v) is 11.6. The number of H-pyrrole nitrogens is 1. The molecule has 1 aromatic heterocycles. The zero-order valence-corrected chi connectivity index (χ0v) is 24.5. The highest BCUT2D eigenvalue weighted by molar-refractivity contribution is 5.97. The van der Waals surface area contributed by atoms with Gasteiger partial charge in [-0.1, -0.05) is 32.0 Å². The molecule has 2 aliphatic heterocycles. The van der Waals surface area contributed by atoms with Gasteiger partial charge in [-0.2, -0.15) is 0 Å². The number of carbonyl (C=O) groups excluding carboxylic acids is 2. The van der Waals surface area contributed by atoms with E-state index in [9.17, 15) is 14.7 Å². The Hall–Kier alpha value is -2.52. The van der Waals surface area contributed by atoms with E-state index in [-0.39, 0.29) is 11.7 Å². The van der Waals surface area contributed by atoms with Gasteiger partial charge in [-0.25, -0.2) is 0 Å². The number of aromatic nitrogens is 1. The van der Waals surface area contributed by atoms with E-state index in [4.69, 9.17) is 14.2 Å². The van der Waals surface area contributed by atoms with Crippen LogP contribution in [0.25, 0.3) is 10.9 Å². The largest absolute Gasteiger partial charge is 0.458 e. The minimum Gasteiger partial charge on any atom is -0.458 e. The summed E-state index contributed by atoms with van der Waals surface area (Å²) in [5.74, 6) is -1.73. The highest BCUT2D eigenvalue weighted by Crippen LogP contribution is 2.72. The van der Waals surface area contributed by atoms with Crippen LogP contribution in [0.3, 0.4) is 0 Å². The van der Waals surface area contributed by atoms with E-state index in [0.29, 0.717) is 24.8 Å². The first-order chi connectivity index (χ1) is 18.7. The van der Waals surface area contributed by atoms with Crippen LogP contribution in [-0.4, -0.2) is 76.1 Å². The van der Waals surface area contributed by atoms with Crippen LogP contribution in [0.5, 0.6) is 0 Å². The maximum Gasteiger partial charge on any atom is 0.323 e. The Balaban J connectivity index is 1.43. The predicted molar refractivity (Wildman–Crippen MR) is 149 cm³/mol. The van der Waals surface area contributed by atoms with E-state index < -0.39 is 52.0 Å². The van der Waals surface area contributed by atoms with Gasteiger partial charge in [0.25, 0.3) is 0 Å². The molecule has 0 unspecified atom stereocenters. The number of aliphatic hydroxyl groups is 1. The van der Waals surface area contributed by atoms with Crippen LogP contribution in [0.15, 0.2) is 35.9 Å². The molecule has 214 valence electrons. The van der Waals surface area contributed by atoms with Gasteiger partial charge in [-0.05, 0) is 77.8 Å². The number of nitrogens with zero attached hydrogens (tertiary/aromatic N) is 1. The highest BCUT2D eigenvalue weighted by atomic mass is 16.8. The topological polar surface area (TPSA) is 101 Å². The number of fused-ring (bicyclic) bond motifs is 9. The molecule has 8 nitrogen and oxygen atoms in total. The van der Waals surface area contributed by atoms with E-state index in [0.717, 1.165) is 17.6 Å². The molecule has 3 fully saturated rings. The molecule has 3 aliphatic carbocycles. The molecule has 1 spiro atoms. The third kappa shape index (κ3) is 2.91. The normalized spacial score (nSPS) is 41.7. The quantitative estimate of drug-likeness (QED) is 0.563. The lowest BCUT2D eigenvalue weighted by Gasteiger charge is -2.67. The predicted octanol–water partition coefficient (Wildman–Crippen LogP) is 3.79. The summed E-state index contributed by atoms with van der Waals surface area (Å²) < 4.78 is 19.3. The summed E-state index contributed by atoms with van der Waals surface area (Å²) in [6.07, 6.45) is 2.29. The van der Waals surface area contributed by atoms with Crippen molar-refractivity contribution in [3.8, 4) is 0 Å². The molecule has 3 heterocycles. The Bertz CT molecular complexity index is 1490. The molecule has 8 heteroatoms. The van der Waals surface area contributed by atoms with Gasteiger partial charge in [0.05, 0.1) is 0 Å². The second-order valence-electron chi connectivity index (χ2n) is 13.9. The lowest BCUT2D eigenvalue weighted by Crippen LogP contribution is -2.75. The van der Waals surface area contributed by atoms with Gasteiger partial charge in [0.2, 0.25) is 0 Å². The van der Waals surface area contributed by atoms with Gasteiger partial charge < -0.3 is 24.3 Å². The van der Waals surface area contributed by atoms with Crippen LogP contribution in [0.1, 0.15) is 65.1 Å². The zero-order valence-electron chi connectivity index (χ0n) is 24.5. The van der Waals surface area contributed by atoms with Crippen LogP contribution in [0.4, 0.5) is 0 Å². The number of hydrogen-bond acceptors (Lipinski definition) is 7. The molecule has 2 bridgehead atoms. The molecular weight excluding hydrogens is 508 g/mol. The molecule has 8 atom stereocenters. The fraction of sp³-hybridized carbons (Fsp3) is 0.625. The van der Waals surface area contributed by atoms with E-state index in [1.165, 1.54) is 10.9 Å². The van der Waals surface area contributed by atoms with E-state index >= 15 is 0 Å². The summed E-state index contributed by atoms with van der Waals surface area (Å²) in [6.45, 7) is 9.88. The van der Waals surface area contributed by atoms with E-state index in [2.05, 4.69) is 37.0 Å². The number of carbonyl (C=O) groups is 2. The van der Waals surface area contributed by atoms with Crippen LogP contribution < -0.4 is 0 Å². The van der Waals surface area contributed by atoms with Gasteiger partial charge in [-0.3, -0.25) is 14.5 Å². The summed E-state index contributed by atoms with van der Waals surface area (Å²) >= 11 is 0. The summed E-state index contributed by atoms with van der Waals surface area (Å²) in [6, 6.07) is 7.84. The van der Waals surface area contributed by atoms with E-state index in [1.807, 2.05) is 34.0 Å². The van der Waals surface area contributed by atoms with Crippen LogP contribution in [0, 0.1) is 11.3 Å². The van der Waals surface area contributed by atoms with Crippen molar-refractivity contribution in [3.63, 3.8) is 0 Å². The number of likely N-dealkylation sites (N-methyl/N-ethyl adjacent to an activating group) is 1. The Morgan fingerprint density at radius 2 is 1.90 bits per heavy atom. The van der Waals surface area contributed by atoms with Crippen molar-refractivity contribution < 1.29 is 28.9 Å². The van der Waals surface area contributed by atoms with Gasteiger partial charge in [0.1, 0.15) is 23.3 Å². The molecule has 1 saturated heterocycles. The van der Waals surface area contributed by atoms with Gasteiger partial charge in [0.15, 0.2) is 17.7 Å². The minimum atomic E-state index is -1.70. The maximum absolute atomic E-state index is 13.5. The second-order valence-corrected chi connectivity index (χ2v) is 13.9. The van der Waals surface area contributed by atoms with Crippen molar-refractivity contribution in [3.05, 3.63) is 47.2 Å². The second kappa shape index (κ2) is 7.85. The number of rotatable bonds is 3. The van der Waals surface area contributed by atoms with Crippen LogP contribution in [0.2, 0.25) is 0 Å². The van der Waals surface area contributed by atoms with Crippen LogP contribution in [-0.2, 0) is 35.6 Å². The number of esters is 1. The average Bonchev–Trinajstić information content (AvgIpc) is 3.48. The highest BCUT2D eigenvalue weighted by Gasteiger charge is 2.78. The van der Waals surface area contributed by atoms with Crippen molar-refractivity contribution in [1.29, 1.82) is 0 Å². The van der Waals surface area contributed by atoms with E-state index in [1.54, 1.807) is 17.9 Å². The summed E-state index contributed by atoms with van der Waals surface area (Å²) in [7, 11) is 3.66. The number of benzene rings is 1. The summed E-state index contributed by atoms with van der Waals surface area (Å²) in [5.41, 5.74) is 0.0644. The number of hydrogen-bond donors (Lipinski definition) is 2. The van der Waals surface area contributed by atoms with Crippen molar-refractivity contribution in [2.75, 3.05) is 14.1 Å². The monoisotopic (exact) mass is 548 g/mol. The van der Waals surface area contributed by atoms with Crippen molar-refractivity contribution in [1.82, 2.24) is 9.88 Å². The first-order valence-corrected chi connectivity index (χ1v) is 14.5. The fourth-order valence-corrected chi connectivity index (χ4v) is 8.98. The van der Waals surface area contributed by atoms with Crippen LogP contribution >= 0.6 is 0 Å². The molecule has 5 aliphatic rings. The fourth-order valence-electron chi connectivity index (χ4n) is 8.98. The molecule has 0 amide bonds. The number of para-hydroxylation sites is 1. The van der Waals surface area contributed by atoms with Crippen molar-refractivity contribution >= 4 is 22.7 Å². The SMILES string of the molecule is C[C@H](C(=O)O[C@H]1C[C@H]2Cc3c([nH]c4ccccc34)[C@]2(C)[C@@]2(C)CC[C@@]34O[C@@H](C(=O)C=C3[C@]12O)C(C)(C)O4)N(C)C. The lowest BCUT2D eigenvalue weighted by atomic mass is 9.41. The van der Waals surface area contributed by atoms with Gasteiger partial charge >= 0.3 is 5.97 Å². The molecule has 2 aromatic rings. The summed E-state index contributed by atoms with van der Waals surface area (Å²) in [4.78, 5) is 32.5. The number of ketones is 1. The van der Waals surface area contributed by atoms with Crippen molar-refractivity contribution in [2.24, 2.45) is 11.3 Å².